The first-order valence-corrected chi connectivity index (χ1v) is 5.66. The highest BCUT2D eigenvalue weighted by molar-refractivity contribution is 5.66. The van der Waals surface area contributed by atoms with E-state index in [0.29, 0.717) is 0 Å². The van der Waals surface area contributed by atoms with E-state index in [0.717, 1.165) is 32.1 Å². The quantitative estimate of drug-likeness (QED) is 0.531. The molecule has 1 saturated heterocycles. The van der Waals surface area contributed by atoms with Crippen LogP contribution in [0.1, 0.15) is 46.0 Å². The molecule has 0 aromatic heterocycles. The molecule has 0 spiro atoms. The zero-order valence-corrected chi connectivity index (χ0v) is 9.57. The Morgan fingerprint density at radius 3 is 3.00 bits per heavy atom. The molecule has 0 saturated carbocycles. The number of allylic oxidation sites excluding steroid dienone is 2. The summed E-state index contributed by atoms with van der Waals surface area (Å²) >= 11 is 0. The molecule has 0 bridgehead atoms. The maximum atomic E-state index is 10.8. The van der Waals surface area contributed by atoms with E-state index in [9.17, 15) is 4.79 Å². The highest BCUT2D eigenvalue weighted by atomic mass is 16.7. The van der Waals surface area contributed by atoms with Crippen LogP contribution < -0.4 is 0 Å². The van der Waals surface area contributed by atoms with Crippen LogP contribution in [-0.2, 0) is 14.3 Å². The zero-order valence-electron chi connectivity index (χ0n) is 9.57. The van der Waals surface area contributed by atoms with Crippen molar-refractivity contribution in [1.82, 2.24) is 0 Å². The molecule has 86 valence electrons. The van der Waals surface area contributed by atoms with E-state index in [2.05, 4.69) is 6.08 Å². The third-order valence-electron chi connectivity index (χ3n) is 2.50. The number of esters is 1. The van der Waals surface area contributed by atoms with Gasteiger partial charge in [-0.2, -0.15) is 0 Å². The summed E-state index contributed by atoms with van der Waals surface area (Å²) in [6, 6.07) is 0. The van der Waals surface area contributed by atoms with Crippen LogP contribution >= 0.6 is 0 Å². The Hall–Kier alpha value is -0.830. The van der Waals surface area contributed by atoms with Gasteiger partial charge in [0.25, 0.3) is 0 Å². The van der Waals surface area contributed by atoms with Crippen molar-refractivity contribution in [2.24, 2.45) is 0 Å². The summed E-state index contributed by atoms with van der Waals surface area (Å²) in [4.78, 5) is 10.8. The number of carbonyl (C=O) groups excluding carboxylic acids is 1. The monoisotopic (exact) mass is 212 g/mol. The van der Waals surface area contributed by atoms with Gasteiger partial charge in [0.05, 0.1) is 6.10 Å². The van der Waals surface area contributed by atoms with Crippen LogP contribution in [0, 0.1) is 0 Å². The average molecular weight is 212 g/mol. The number of hydrogen-bond acceptors (Lipinski definition) is 3. The SMILES string of the molecule is CC=CCCC1CCCC(OC(C)=O)O1. The molecule has 2 atom stereocenters. The minimum atomic E-state index is -0.313. The Morgan fingerprint density at radius 1 is 1.53 bits per heavy atom. The maximum absolute atomic E-state index is 10.8. The van der Waals surface area contributed by atoms with Gasteiger partial charge in [-0.15, -0.1) is 0 Å². The molecule has 1 aliphatic rings. The van der Waals surface area contributed by atoms with Crippen LogP contribution in [0.2, 0.25) is 0 Å². The van der Waals surface area contributed by atoms with E-state index in [-0.39, 0.29) is 18.4 Å². The van der Waals surface area contributed by atoms with Crippen molar-refractivity contribution >= 4 is 5.97 Å². The molecular weight excluding hydrogens is 192 g/mol. The van der Waals surface area contributed by atoms with E-state index in [1.54, 1.807) is 0 Å². The van der Waals surface area contributed by atoms with Gasteiger partial charge >= 0.3 is 5.97 Å². The lowest BCUT2D eigenvalue weighted by atomic mass is 10.0. The van der Waals surface area contributed by atoms with E-state index < -0.39 is 0 Å². The lowest BCUT2D eigenvalue weighted by Gasteiger charge is -2.29. The number of rotatable bonds is 4. The van der Waals surface area contributed by atoms with Gasteiger partial charge in [-0.1, -0.05) is 12.2 Å². The van der Waals surface area contributed by atoms with E-state index >= 15 is 0 Å². The number of carbonyl (C=O) groups is 1. The summed E-state index contributed by atoms with van der Waals surface area (Å²) in [5, 5.41) is 0. The molecule has 1 aliphatic heterocycles. The van der Waals surface area contributed by atoms with Gasteiger partial charge in [0, 0.05) is 13.3 Å². The molecule has 1 rings (SSSR count). The molecule has 3 heteroatoms. The fourth-order valence-electron chi connectivity index (χ4n) is 1.80. The smallest absolute Gasteiger partial charge is 0.304 e. The Balaban J connectivity index is 2.25. The first-order valence-electron chi connectivity index (χ1n) is 5.66. The van der Waals surface area contributed by atoms with Crippen molar-refractivity contribution in [3.8, 4) is 0 Å². The molecule has 2 unspecified atom stereocenters. The van der Waals surface area contributed by atoms with E-state index in [1.807, 2.05) is 13.0 Å². The highest BCUT2D eigenvalue weighted by Gasteiger charge is 2.23. The largest absolute Gasteiger partial charge is 0.436 e. The third-order valence-corrected chi connectivity index (χ3v) is 2.50. The predicted octanol–water partition coefficient (Wildman–Crippen LogP) is 2.80. The molecule has 0 amide bonds. The van der Waals surface area contributed by atoms with Gasteiger partial charge in [-0.05, 0) is 32.6 Å². The summed E-state index contributed by atoms with van der Waals surface area (Å²) in [6.45, 7) is 3.44. The number of hydrogen-bond donors (Lipinski definition) is 0. The van der Waals surface area contributed by atoms with Crippen molar-refractivity contribution in [2.75, 3.05) is 0 Å². The van der Waals surface area contributed by atoms with Gasteiger partial charge in [-0.3, -0.25) is 4.79 Å². The summed E-state index contributed by atoms with van der Waals surface area (Å²) in [5.74, 6) is -0.255. The molecule has 0 N–H and O–H groups in total. The molecule has 0 radical (unpaired) electrons. The minimum absolute atomic E-state index is 0.249. The molecule has 15 heavy (non-hydrogen) atoms. The summed E-state index contributed by atoms with van der Waals surface area (Å²) < 4.78 is 10.7. The summed E-state index contributed by atoms with van der Waals surface area (Å²) in [7, 11) is 0. The second-order valence-electron chi connectivity index (χ2n) is 3.87. The topological polar surface area (TPSA) is 35.5 Å². The van der Waals surface area contributed by atoms with Crippen molar-refractivity contribution in [2.45, 2.75) is 58.3 Å². The Bertz CT molecular complexity index is 223. The normalized spacial score (nSPS) is 26.8. The lowest BCUT2D eigenvalue weighted by Crippen LogP contribution is -2.30. The number of ether oxygens (including phenoxy) is 2. The molecule has 0 aromatic rings. The molecular formula is C12H20O3. The van der Waals surface area contributed by atoms with E-state index in [4.69, 9.17) is 9.47 Å². The minimum Gasteiger partial charge on any atom is -0.436 e. The van der Waals surface area contributed by atoms with E-state index in [1.165, 1.54) is 6.92 Å². The Labute approximate surface area is 91.4 Å². The van der Waals surface area contributed by atoms with Crippen LogP contribution in [0.3, 0.4) is 0 Å². The third kappa shape index (κ3) is 4.98. The van der Waals surface area contributed by atoms with Gasteiger partial charge in [0.2, 0.25) is 6.29 Å². The lowest BCUT2D eigenvalue weighted by molar-refractivity contribution is -0.201. The average Bonchev–Trinajstić information content (AvgIpc) is 2.18. The second-order valence-corrected chi connectivity index (χ2v) is 3.87. The van der Waals surface area contributed by atoms with Crippen molar-refractivity contribution in [1.29, 1.82) is 0 Å². The van der Waals surface area contributed by atoms with Crippen molar-refractivity contribution in [3.05, 3.63) is 12.2 Å². The van der Waals surface area contributed by atoms with Gasteiger partial charge in [0.15, 0.2) is 0 Å². The molecule has 1 heterocycles. The zero-order chi connectivity index (χ0) is 11.1. The second kappa shape index (κ2) is 6.62. The standard InChI is InChI=1S/C12H20O3/c1-3-4-5-7-11-8-6-9-12(15-11)14-10(2)13/h3-4,11-12H,5-9H2,1-2H3. The fourth-order valence-corrected chi connectivity index (χ4v) is 1.80. The van der Waals surface area contributed by atoms with Crippen LogP contribution in [-0.4, -0.2) is 18.4 Å². The van der Waals surface area contributed by atoms with Gasteiger partial charge < -0.3 is 9.47 Å². The first kappa shape index (κ1) is 12.2. The molecule has 3 nitrogen and oxygen atoms in total. The maximum Gasteiger partial charge on any atom is 0.304 e. The van der Waals surface area contributed by atoms with Crippen molar-refractivity contribution < 1.29 is 14.3 Å². The Morgan fingerprint density at radius 2 is 2.33 bits per heavy atom. The predicted molar refractivity (Wildman–Crippen MR) is 58.3 cm³/mol. The first-order chi connectivity index (χ1) is 7.22. The highest BCUT2D eigenvalue weighted by Crippen LogP contribution is 2.23. The summed E-state index contributed by atoms with van der Waals surface area (Å²) in [6.07, 6.45) is 9.17. The molecule has 0 aliphatic carbocycles. The van der Waals surface area contributed by atoms with Gasteiger partial charge in [0.1, 0.15) is 0 Å². The molecule has 1 fully saturated rings. The van der Waals surface area contributed by atoms with Gasteiger partial charge in [-0.25, -0.2) is 0 Å². The van der Waals surface area contributed by atoms with Crippen LogP contribution in [0.4, 0.5) is 0 Å². The fraction of sp³-hybridized carbons (Fsp3) is 0.750. The van der Waals surface area contributed by atoms with Crippen LogP contribution in [0.15, 0.2) is 12.2 Å². The molecule has 0 aromatic carbocycles. The van der Waals surface area contributed by atoms with Crippen molar-refractivity contribution in [3.63, 3.8) is 0 Å². The Kier molecular flexibility index (Phi) is 5.40. The van der Waals surface area contributed by atoms with Crippen LogP contribution in [0.25, 0.3) is 0 Å². The van der Waals surface area contributed by atoms with Crippen LogP contribution in [0.5, 0.6) is 0 Å². The summed E-state index contributed by atoms with van der Waals surface area (Å²) in [5.41, 5.74) is 0.